The van der Waals surface area contributed by atoms with Gasteiger partial charge in [0.2, 0.25) is 11.8 Å². The van der Waals surface area contributed by atoms with Crippen molar-refractivity contribution in [2.75, 3.05) is 33.3 Å². The minimum Gasteiger partial charge on any atom is -0.491 e. The number of amides is 2. The number of carbonyl (C=O) groups excluding carboxylic acids is 2. The van der Waals surface area contributed by atoms with E-state index in [9.17, 15) is 9.59 Å². The molecule has 0 saturated carbocycles. The van der Waals surface area contributed by atoms with Crippen LogP contribution in [0.25, 0.3) is 0 Å². The van der Waals surface area contributed by atoms with E-state index in [0.717, 1.165) is 30.7 Å². The van der Waals surface area contributed by atoms with Crippen LogP contribution in [0.5, 0.6) is 5.75 Å². The molecule has 0 bridgehead atoms. The van der Waals surface area contributed by atoms with Crippen molar-refractivity contribution in [2.45, 2.75) is 39.5 Å². The molecule has 1 fully saturated rings. The molecule has 24 heavy (non-hydrogen) atoms. The molecule has 2 rings (SSSR count). The predicted octanol–water partition coefficient (Wildman–Crippen LogP) is 2.54. The molecule has 132 valence electrons. The average Bonchev–Trinajstić information content (AvgIpc) is 2.94. The van der Waals surface area contributed by atoms with Gasteiger partial charge in [0, 0.05) is 33.0 Å². The van der Waals surface area contributed by atoms with Gasteiger partial charge < -0.3 is 14.5 Å². The summed E-state index contributed by atoms with van der Waals surface area (Å²) >= 11 is 0. The number of ether oxygens (including phenoxy) is 1. The van der Waals surface area contributed by atoms with Crippen LogP contribution in [0.1, 0.15) is 36.8 Å². The Balaban J connectivity index is 1.65. The van der Waals surface area contributed by atoms with E-state index in [1.807, 2.05) is 24.0 Å². The topological polar surface area (TPSA) is 49.9 Å². The Morgan fingerprint density at radius 3 is 2.79 bits per heavy atom. The lowest BCUT2D eigenvalue weighted by atomic mass is 10.1. The van der Waals surface area contributed by atoms with Gasteiger partial charge in [-0.05, 0) is 38.3 Å². The monoisotopic (exact) mass is 332 g/mol. The Bertz CT molecular complexity index is 586. The number of aryl methyl sites for hydroxylation is 2. The molecule has 0 unspecified atom stereocenters. The normalized spacial score (nSPS) is 14.1. The van der Waals surface area contributed by atoms with Gasteiger partial charge in [-0.15, -0.1) is 0 Å². The van der Waals surface area contributed by atoms with Crippen LogP contribution in [-0.4, -0.2) is 54.9 Å². The average molecular weight is 332 g/mol. The lowest BCUT2D eigenvalue weighted by molar-refractivity contribution is -0.131. The fraction of sp³-hybridized carbons (Fsp3) is 0.579. The van der Waals surface area contributed by atoms with E-state index in [-0.39, 0.29) is 11.8 Å². The quantitative estimate of drug-likeness (QED) is 0.735. The summed E-state index contributed by atoms with van der Waals surface area (Å²) in [4.78, 5) is 27.2. The fourth-order valence-electron chi connectivity index (χ4n) is 2.93. The van der Waals surface area contributed by atoms with E-state index >= 15 is 0 Å². The smallest absolute Gasteiger partial charge is 0.222 e. The maximum Gasteiger partial charge on any atom is 0.222 e. The minimum absolute atomic E-state index is 0.103. The van der Waals surface area contributed by atoms with Crippen molar-refractivity contribution in [2.24, 2.45) is 0 Å². The van der Waals surface area contributed by atoms with Crippen LogP contribution in [0.3, 0.4) is 0 Å². The van der Waals surface area contributed by atoms with Crippen LogP contribution >= 0.6 is 0 Å². The minimum atomic E-state index is 0.103. The molecule has 1 aromatic carbocycles. The lowest BCUT2D eigenvalue weighted by Crippen LogP contribution is -2.32. The first-order chi connectivity index (χ1) is 11.5. The standard InChI is InChI=1S/C19H28N2O3/c1-15-8-9-17(16(2)14-15)24-13-12-20(3)18(22)6-4-10-21-11-5-7-19(21)23/h8-9,14H,4-7,10-13H2,1-3H3. The zero-order chi connectivity index (χ0) is 17.5. The number of likely N-dealkylation sites (tertiary alicyclic amines) is 1. The summed E-state index contributed by atoms with van der Waals surface area (Å²) in [6.45, 7) is 6.66. The highest BCUT2D eigenvalue weighted by Gasteiger charge is 2.19. The second-order valence-electron chi connectivity index (χ2n) is 6.52. The summed E-state index contributed by atoms with van der Waals surface area (Å²) < 4.78 is 5.77. The molecule has 1 aliphatic rings. The van der Waals surface area contributed by atoms with E-state index < -0.39 is 0 Å². The molecule has 0 N–H and O–H groups in total. The highest BCUT2D eigenvalue weighted by molar-refractivity contribution is 5.78. The molecule has 0 spiro atoms. The van der Waals surface area contributed by atoms with Crippen molar-refractivity contribution < 1.29 is 14.3 Å². The van der Waals surface area contributed by atoms with Crippen LogP contribution in [0, 0.1) is 13.8 Å². The summed E-state index contributed by atoms with van der Waals surface area (Å²) in [5, 5.41) is 0. The zero-order valence-corrected chi connectivity index (χ0v) is 15.0. The van der Waals surface area contributed by atoms with Gasteiger partial charge in [-0.3, -0.25) is 9.59 Å². The second kappa shape index (κ2) is 8.71. The van der Waals surface area contributed by atoms with Gasteiger partial charge in [-0.25, -0.2) is 0 Å². The van der Waals surface area contributed by atoms with Crippen molar-refractivity contribution in [3.05, 3.63) is 29.3 Å². The molecular formula is C19H28N2O3. The van der Waals surface area contributed by atoms with Gasteiger partial charge in [-0.2, -0.15) is 0 Å². The third kappa shape index (κ3) is 5.25. The first kappa shape index (κ1) is 18.3. The highest BCUT2D eigenvalue weighted by atomic mass is 16.5. The first-order valence-corrected chi connectivity index (χ1v) is 8.69. The van der Waals surface area contributed by atoms with Crippen LogP contribution in [0.4, 0.5) is 0 Å². The van der Waals surface area contributed by atoms with E-state index in [1.165, 1.54) is 5.56 Å². The zero-order valence-electron chi connectivity index (χ0n) is 15.0. The van der Waals surface area contributed by atoms with Crippen LogP contribution < -0.4 is 4.74 Å². The van der Waals surface area contributed by atoms with Gasteiger partial charge in [0.05, 0.1) is 6.54 Å². The van der Waals surface area contributed by atoms with Gasteiger partial charge in [0.1, 0.15) is 12.4 Å². The molecule has 1 aromatic rings. The van der Waals surface area contributed by atoms with Crippen molar-refractivity contribution in [1.82, 2.24) is 9.80 Å². The molecule has 5 heteroatoms. The Kier molecular flexibility index (Phi) is 6.64. The second-order valence-corrected chi connectivity index (χ2v) is 6.52. The number of likely N-dealkylation sites (N-methyl/N-ethyl adjacent to an activating group) is 1. The molecule has 1 saturated heterocycles. The molecule has 1 aliphatic heterocycles. The fourth-order valence-corrected chi connectivity index (χ4v) is 2.93. The maximum absolute atomic E-state index is 12.1. The number of carbonyl (C=O) groups is 2. The largest absolute Gasteiger partial charge is 0.491 e. The summed E-state index contributed by atoms with van der Waals surface area (Å²) in [6.07, 6.45) is 2.81. The maximum atomic E-state index is 12.1. The third-order valence-corrected chi connectivity index (χ3v) is 4.43. The van der Waals surface area contributed by atoms with Crippen molar-refractivity contribution >= 4 is 11.8 Å². The summed E-state index contributed by atoms with van der Waals surface area (Å²) in [7, 11) is 1.80. The van der Waals surface area contributed by atoms with Crippen LogP contribution in [0.15, 0.2) is 18.2 Å². The first-order valence-electron chi connectivity index (χ1n) is 8.69. The number of rotatable bonds is 8. The van der Waals surface area contributed by atoms with Gasteiger partial charge in [0.15, 0.2) is 0 Å². The molecule has 2 amide bonds. The Labute approximate surface area is 144 Å². The molecule has 0 atom stereocenters. The Morgan fingerprint density at radius 2 is 2.12 bits per heavy atom. The van der Waals surface area contributed by atoms with E-state index in [2.05, 4.69) is 13.0 Å². The highest BCUT2D eigenvalue weighted by Crippen LogP contribution is 2.18. The van der Waals surface area contributed by atoms with Crippen LogP contribution in [0.2, 0.25) is 0 Å². The summed E-state index contributed by atoms with van der Waals surface area (Å²) in [5.41, 5.74) is 2.32. The lowest BCUT2D eigenvalue weighted by Gasteiger charge is -2.19. The van der Waals surface area contributed by atoms with E-state index in [1.54, 1.807) is 11.9 Å². The molecular weight excluding hydrogens is 304 g/mol. The molecule has 0 aromatic heterocycles. The Hall–Kier alpha value is -2.04. The third-order valence-electron chi connectivity index (χ3n) is 4.43. The van der Waals surface area contributed by atoms with E-state index in [4.69, 9.17) is 4.74 Å². The van der Waals surface area contributed by atoms with E-state index in [0.29, 0.717) is 32.5 Å². The van der Waals surface area contributed by atoms with Crippen molar-refractivity contribution in [3.63, 3.8) is 0 Å². The molecule has 1 heterocycles. The van der Waals surface area contributed by atoms with Crippen molar-refractivity contribution in [3.8, 4) is 5.75 Å². The number of hydrogen-bond acceptors (Lipinski definition) is 3. The van der Waals surface area contributed by atoms with Gasteiger partial charge in [0.25, 0.3) is 0 Å². The molecule has 0 radical (unpaired) electrons. The summed E-state index contributed by atoms with van der Waals surface area (Å²) in [6, 6.07) is 6.08. The van der Waals surface area contributed by atoms with Gasteiger partial charge in [-0.1, -0.05) is 17.7 Å². The molecule has 0 aliphatic carbocycles. The SMILES string of the molecule is Cc1ccc(OCCN(C)C(=O)CCCN2CCCC2=O)c(C)c1. The number of hydrogen-bond donors (Lipinski definition) is 0. The predicted molar refractivity (Wildman–Crippen MR) is 94.1 cm³/mol. The number of benzene rings is 1. The Morgan fingerprint density at radius 1 is 1.33 bits per heavy atom. The van der Waals surface area contributed by atoms with Gasteiger partial charge >= 0.3 is 0 Å². The summed E-state index contributed by atoms with van der Waals surface area (Å²) in [5.74, 6) is 1.19. The van der Waals surface area contributed by atoms with Crippen molar-refractivity contribution in [1.29, 1.82) is 0 Å². The van der Waals surface area contributed by atoms with Crippen LogP contribution in [-0.2, 0) is 9.59 Å². The number of nitrogens with zero attached hydrogens (tertiary/aromatic N) is 2. The molecule has 5 nitrogen and oxygen atoms in total.